The number of hydrogen-bond donors (Lipinski definition) is 2. The van der Waals surface area contributed by atoms with Crippen molar-refractivity contribution >= 4 is 11.9 Å². The topological polar surface area (TPSA) is 76.7 Å². The van der Waals surface area contributed by atoms with Gasteiger partial charge < -0.3 is 20.1 Å². The van der Waals surface area contributed by atoms with Gasteiger partial charge in [-0.25, -0.2) is 4.79 Å². The summed E-state index contributed by atoms with van der Waals surface area (Å²) in [5.41, 5.74) is -0.192. The van der Waals surface area contributed by atoms with E-state index in [9.17, 15) is 22.8 Å². The molecular weight excluding hydrogens is 317 g/mol. The SMILES string of the molecule is CCOc1ccc(C(=O)NCCNC)c(OC(=O)C(F)(F)F)c1. The van der Waals surface area contributed by atoms with Gasteiger partial charge in [-0.3, -0.25) is 4.79 Å². The summed E-state index contributed by atoms with van der Waals surface area (Å²) in [6, 6.07) is 3.71. The highest BCUT2D eigenvalue weighted by Gasteiger charge is 2.42. The second-order valence-corrected chi connectivity index (χ2v) is 4.34. The molecular formula is C14H17F3N2O4. The fourth-order valence-corrected chi connectivity index (χ4v) is 1.59. The molecule has 128 valence electrons. The quantitative estimate of drug-likeness (QED) is 0.449. The number of rotatable bonds is 7. The molecule has 0 spiro atoms. The van der Waals surface area contributed by atoms with Crippen LogP contribution in [-0.4, -0.2) is 44.8 Å². The van der Waals surface area contributed by atoms with Crippen LogP contribution in [0.1, 0.15) is 17.3 Å². The first-order valence-corrected chi connectivity index (χ1v) is 6.78. The minimum absolute atomic E-state index is 0.184. The van der Waals surface area contributed by atoms with Gasteiger partial charge in [-0.1, -0.05) is 0 Å². The summed E-state index contributed by atoms with van der Waals surface area (Å²) in [6.45, 7) is 2.68. The Hall–Kier alpha value is -2.29. The number of likely N-dealkylation sites (N-methyl/N-ethyl adjacent to an activating group) is 1. The van der Waals surface area contributed by atoms with E-state index in [-0.39, 0.29) is 24.5 Å². The molecule has 0 aliphatic carbocycles. The molecule has 0 aliphatic rings. The van der Waals surface area contributed by atoms with Crippen molar-refractivity contribution in [2.75, 3.05) is 26.7 Å². The Morgan fingerprint density at radius 1 is 1.22 bits per heavy atom. The van der Waals surface area contributed by atoms with E-state index in [0.717, 1.165) is 6.07 Å². The lowest BCUT2D eigenvalue weighted by atomic mass is 10.1. The number of alkyl halides is 3. The van der Waals surface area contributed by atoms with Crippen molar-refractivity contribution in [1.82, 2.24) is 10.6 Å². The fraction of sp³-hybridized carbons (Fsp3) is 0.429. The highest BCUT2D eigenvalue weighted by molar-refractivity contribution is 5.98. The highest BCUT2D eigenvalue weighted by atomic mass is 19.4. The monoisotopic (exact) mass is 334 g/mol. The van der Waals surface area contributed by atoms with Crippen LogP contribution >= 0.6 is 0 Å². The highest BCUT2D eigenvalue weighted by Crippen LogP contribution is 2.27. The maximum absolute atomic E-state index is 12.4. The molecule has 0 unspecified atom stereocenters. The number of esters is 1. The zero-order chi connectivity index (χ0) is 17.5. The van der Waals surface area contributed by atoms with Gasteiger partial charge in [0.15, 0.2) is 0 Å². The molecule has 0 bridgehead atoms. The van der Waals surface area contributed by atoms with Crippen molar-refractivity contribution < 1.29 is 32.2 Å². The number of nitrogens with one attached hydrogen (secondary N) is 2. The van der Waals surface area contributed by atoms with Gasteiger partial charge in [0, 0.05) is 19.2 Å². The number of carbonyl (C=O) groups excluding carboxylic acids is 2. The van der Waals surface area contributed by atoms with Gasteiger partial charge in [-0.2, -0.15) is 13.2 Å². The minimum Gasteiger partial charge on any atom is -0.494 e. The van der Waals surface area contributed by atoms with Crippen LogP contribution in [0.15, 0.2) is 18.2 Å². The minimum atomic E-state index is -5.17. The number of hydrogen-bond acceptors (Lipinski definition) is 5. The van der Waals surface area contributed by atoms with E-state index in [2.05, 4.69) is 15.4 Å². The second kappa shape index (κ2) is 8.37. The maximum Gasteiger partial charge on any atom is 0.491 e. The third-order valence-electron chi connectivity index (χ3n) is 2.60. The maximum atomic E-state index is 12.4. The zero-order valence-corrected chi connectivity index (χ0v) is 12.6. The largest absolute Gasteiger partial charge is 0.494 e. The van der Waals surface area contributed by atoms with Gasteiger partial charge in [0.05, 0.1) is 12.2 Å². The van der Waals surface area contributed by atoms with E-state index in [1.807, 2.05) is 0 Å². The molecule has 23 heavy (non-hydrogen) atoms. The predicted octanol–water partition coefficient (Wildman–Crippen LogP) is 1.50. The van der Waals surface area contributed by atoms with Crippen LogP contribution in [0.3, 0.4) is 0 Å². The number of ether oxygens (including phenoxy) is 2. The number of halogens is 3. The smallest absolute Gasteiger partial charge is 0.491 e. The molecule has 0 aliphatic heterocycles. The molecule has 0 saturated carbocycles. The molecule has 2 N–H and O–H groups in total. The molecule has 1 aromatic rings. The number of carbonyl (C=O) groups is 2. The van der Waals surface area contributed by atoms with E-state index in [0.29, 0.717) is 6.54 Å². The molecule has 0 saturated heterocycles. The Balaban J connectivity index is 3.03. The molecule has 9 heteroatoms. The fourth-order valence-electron chi connectivity index (χ4n) is 1.59. The summed E-state index contributed by atoms with van der Waals surface area (Å²) < 4.78 is 46.5. The Bertz CT molecular complexity index is 561. The van der Waals surface area contributed by atoms with Gasteiger partial charge in [-0.15, -0.1) is 0 Å². The van der Waals surface area contributed by atoms with Crippen LogP contribution in [0, 0.1) is 0 Å². The van der Waals surface area contributed by atoms with Crippen LogP contribution < -0.4 is 20.1 Å². The number of benzene rings is 1. The Morgan fingerprint density at radius 3 is 2.48 bits per heavy atom. The molecule has 0 heterocycles. The van der Waals surface area contributed by atoms with Crippen molar-refractivity contribution in [3.8, 4) is 11.5 Å². The Kier molecular flexibility index (Phi) is 6.83. The lowest BCUT2D eigenvalue weighted by molar-refractivity contribution is -0.189. The number of amides is 1. The van der Waals surface area contributed by atoms with E-state index in [1.54, 1.807) is 14.0 Å². The first-order chi connectivity index (χ1) is 10.8. The molecule has 1 rings (SSSR count). The van der Waals surface area contributed by atoms with E-state index >= 15 is 0 Å². The van der Waals surface area contributed by atoms with Crippen molar-refractivity contribution in [3.05, 3.63) is 23.8 Å². The molecule has 1 amide bonds. The van der Waals surface area contributed by atoms with Crippen molar-refractivity contribution in [2.24, 2.45) is 0 Å². The summed E-state index contributed by atoms with van der Waals surface area (Å²) >= 11 is 0. The van der Waals surface area contributed by atoms with Gasteiger partial charge >= 0.3 is 12.1 Å². The van der Waals surface area contributed by atoms with Crippen LogP contribution in [-0.2, 0) is 4.79 Å². The average molecular weight is 334 g/mol. The summed E-state index contributed by atoms with van der Waals surface area (Å²) in [5, 5.41) is 5.29. The standard InChI is InChI=1S/C14H17F3N2O4/c1-3-22-9-4-5-10(12(20)19-7-6-18-2)11(8-9)23-13(21)14(15,16)17/h4-5,8,18H,3,6-7H2,1-2H3,(H,19,20). The predicted molar refractivity (Wildman–Crippen MR) is 75.6 cm³/mol. The van der Waals surface area contributed by atoms with E-state index < -0.39 is 23.8 Å². The first kappa shape index (κ1) is 18.8. The van der Waals surface area contributed by atoms with Crippen molar-refractivity contribution in [3.63, 3.8) is 0 Å². The van der Waals surface area contributed by atoms with Gasteiger partial charge in [0.2, 0.25) is 0 Å². The van der Waals surface area contributed by atoms with Crippen molar-refractivity contribution in [2.45, 2.75) is 13.1 Å². The first-order valence-electron chi connectivity index (χ1n) is 6.78. The van der Waals surface area contributed by atoms with E-state index in [4.69, 9.17) is 4.74 Å². The third-order valence-corrected chi connectivity index (χ3v) is 2.60. The van der Waals surface area contributed by atoms with Crippen molar-refractivity contribution in [1.29, 1.82) is 0 Å². The molecule has 0 atom stereocenters. The summed E-state index contributed by atoms with van der Waals surface area (Å²) in [4.78, 5) is 23.0. The van der Waals surface area contributed by atoms with Gasteiger partial charge in [0.25, 0.3) is 5.91 Å². The van der Waals surface area contributed by atoms with Crippen LogP contribution in [0.4, 0.5) is 13.2 Å². The van der Waals surface area contributed by atoms with Crippen LogP contribution in [0.5, 0.6) is 11.5 Å². The van der Waals surface area contributed by atoms with Gasteiger partial charge in [-0.05, 0) is 26.1 Å². The summed E-state index contributed by atoms with van der Waals surface area (Å²) in [5.74, 6) is -3.40. The average Bonchev–Trinajstić information content (AvgIpc) is 2.47. The summed E-state index contributed by atoms with van der Waals surface area (Å²) in [6.07, 6.45) is -5.17. The Labute approximate surface area is 130 Å². The van der Waals surface area contributed by atoms with Gasteiger partial charge in [0.1, 0.15) is 11.5 Å². The van der Waals surface area contributed by atoms with E-state index in [1.165, 1.54) is 12.1 Å². The van der Waals surface area contributed by atoms with Crippen LogP contribution in [0.2, 0.25) is 0 Å². The molecule has 1 aromatic carbocycles. The third kappa shape index (κ3) is 5.78. The molecule has 0 radical (unpaired) electrons. The molecule has 6 nitrogen and oxygen atoms in total. The van der Waals surface area contributed by atoms with Crippen LogP contribution in [0.25, 0.3) is 0 Å². The lowest BCUT2D eigenvalue weighted by Gasteiger charge is -2.13. The second-order valence-electron chi connectivity index (χ2n) is 4.34. The Morgan fingerprint density at radius 2 is 1.91 bits per heavy atom. The normalized spacial score (nSPS) is 11.0. The molecule has 0 aromatic heterocycles. The summed E-state index contributed by atoms with van der Waals surface area (Å²) in [7, 11) is 1.68. The lowest BCUT2D eigenvalue weighted by Crippen LogP contribution is -2.32. The molecule has 0 fully saturated rings. The zero-order valence-electron chi connectivity index (χ0n) is 12.6.